The number of aliphatic hydroxyl groups excluding tert-OH is 1. The molecule has 7 rings (SSSR count). The molecule has 0 aromatic heterocycles. The molecule has 0 radical (unpaired) electrons. The normalized spacial score (nSPS) is 47.4. The van der Waals surface area contributed by atoms with Crippen LogP contribution in [0.2, 0.25) is 0 Å². The molecule has 5 aliphatic carbocycles. The fourth-order valence-electron chi connectivity index (χ4n) is 12.4. The Morgan fingerprint density at radius 2 is 1.68 bits per heavy atom. The lowest BCUT2D eigenvalue weighted by Crippen LogP contribution is -2.79. The lowest BCUT2D eigenvalue weighted by atomic mass is 9.42. The number of methoxy groups -OCH3 is 5. The van der Waals surface area contributed by atoms with Gasteiger partial charge in [-0.25, -0.2) is 4.79 Å². The fraction of sp³-hybridized carbons (Fsp3) is 0.771. The van der Waals surface area contributed by atoms with Gasteiger partial charge in [0.15, 0.2) is 0 Å². The third-order valence-corrected chi connectivity index (χ3v) is 13.4. The van der Waals surface area contributed by atoms with E-state index in [1.54, 1.807) is 52.7 Å². The minimum Gasteiger partial charge on any atom is -0.497 e. The molecule has 47 heavy (non-hydrogen) atoms. The molecule has 1 aromatic carbocycles. The second-order valence-corrected chi connectivity index (χ2v) is 14.7. The van der Waals surface area contributed by atoms with Crippen LogP contribution in [-0.4, -0.2) is 130 Å². The molecule has 1 aromatic rings. The summed E-state index contributed by atoms with van der Waals surface area (Å²) in [5.74, 6) is -2.10. The molecule has 12 heteroatoms. The Bertz CT molecular complexity index is 1390. The highest BCUT2D eigenvalue weighted by Gasteiger charge is 2.90. The Morgan fingerprint density at radius 1 is 0.979 bits per heavy atom. The van der Waals surface area contributed by atoms with E-state index in [2.05, 4.69) is 11.8 Å². The molecule has 1 aliphatic heterocycles. The molecule has 5 saturated carbocycles. The van der Waals surface area contributed by atoms with E-state index in [0.29, 0.717) is 37.4 Å². The van der Waals surface area contributed by atoms with Crippen LogP contribution in [0.15, 0.2) is 24.3 Å². The van der Waals surface area contributed by atoms with Crippen LogP contribution in [0.5, 0.6) is 5.75 Å². The summed E-state index contributed by atoms with van der Waals surface area (Å²) in [7, 11) is 8.11. The number of hydrogen-bond acceptors (Lipinski definition) is 12. The number of likely N-dealkylation sites (tertiary alicyclic amines) is 1. The summed E-state index contributed by atoms with van der Waals surface area (Å²) in [6, 6.07) is 6.44. The van der Waals surface area contributed by atoms with Gasteiger partial charge in [0.1, 0.15) is 23.1 Å². The Kier molecular flexibility index (Phi) is 8.02. The average Bonchev–Trinajstić information content (AvgIpc) is 3.43. The van der Waals surface area contributed by atoms with Gasteiger partial charge in [0.05, 0.1) is 43.7 Å². The highest BCUT2D eigenvalue weighted by Crippen LogP contribution is 2.80. The summed E-state index contributed by atoms with van der Waals surface area (Å²) in [4.78, 5) is 29.5. The summed E-state index contributed by atoms with van der Waals surface area (Å²) in [6.45, 7) is 5.04. The van der Waals surface area contributed by atoms with E-state index in [1.165, 1.54) is 14.0 Å². The van der Waals surface area contributed by atoms with Crippen LogP contribution in [-0.2, 0) is 33.2 Å². The lowest BCUT2D eigenvalue weighted by molar-refractivity contribution is -0.300. The van der Waals surface area contributed by atoms with Crippen molar-refractivity contribution in [2.45, 2.75) is 80.9 Å². The average molecular weight is 660 g/mol. The van der Waals surface area contributed by atoms with Gasteiger partial charge in [-0.3, -0.25) is 9.69 Å². The van der Waals surface area contributed by atoms with Gasteiger partial charge in [-0.1, -0.05) is 6.92 Å². The molecule has 12 nitrogen and oxygen atoms in total. The van der Waals surface area contributed by atoms with Crippen molar-refractivity contribution < 1.29 is 53.0 Å². The van der Waals surface area contributed by atoms with E-state index >= 15 is 0 Å². The second kappa shape index (κ2) is 11.4. The smallest absolute Gasteiger partial charge is 0.338 e. The Hall–Kier alpha value is -2.32. The molecular weight excluding hydrogens is 610 g/mol. The van der Waals surface area contributed by atoms with Crippen LogP contribution >= 0.6 is 0 Å². The number of esters is 2. The molecule has 6 aliphatic rings. The number of nitrogens with zero attached hydrogens (tertiary/aromatic N) is 1. The Labute approximate surface area is 275 Å². The number of piperidine rings is 1. The highest BCUT2D eigenvalue weighted by atomic mass is 16.6. The van der Waals surface area contributed by atoms with E-state index in [9.17, 15) is 19.8 Å². The number of aliphatic hydroxyl groups is 2. The number of carbonyl (C=O) groups excluding carboxylic acids is 2. The van der Waals surface area contributed by atoms with Crippen molar-refractivity contribution in [1.29, 1.82) is 0 Å². The first kappa shape index (κ1) is 33.2. The largest absolute Gasteiger partial charge is 0.497 e. The number of hydrogen-bond donors (Lipinski definition) is 2. The summed E-state index contributed by atoms with van der Waals surface area (Å²) in [5.41, 5.74) is -3.89. The van der Waals surface area contributed by atoms with E-state index in [0.717, 1.165) is 0 Å². The highest BCUT2D eigenvalue weighted by molar-refractivity contribution is 5.89. The molecule has 1 heterocycles. The predicted molar refractivity (Wildman–Crippen MR) is 166 cm³/mol. The van der Waals surface area contributed by atoms with Crippen LogP contribution in [0.1, 0.15) is 43.5 Å². The fourth-order valence-corrected chi connectivity index (χ4v) is 12.4. The van der Waals surface area contributed by atoms with Gasteiger partial charge in [0.25, 0.3) is 0 Å². The zero-order chi connectivity index (χ0) is 33.7. The molecule has 1 saturated heterocycles. The first-order valence-corrected chi connectivity index (χ1v) is 16.7. The van der Waals surface area contributed by atoms with Gasteiger partial charge >= 0.3 is 11.9 Å². The van der Waals surface area contributed by atoms with Gasteiger partial charge in [-0.15, -0.1) is 0 Å². The third kappa shape index (κ3) is 4.00. The van der Waals surface area contributed by atoms with Crippen LogP contribution < -0.4 is 4.74 Å². The molecule has 6 fully saturated rings. The standard InChI is InChI=1S/C35H49NO11/c1-8-36-16-32(17-41-3)22(38)13-23(43-5)35-21-14-33(40)24(44-6)15-34(47-18(2)37,26(29(35)36)27(45-7)28(32)35)25(21)30(33)46-31(39)19-9-11-20(42-4)12-10-19/h9-12,21-30,38,40H,8,13-17H2,1-7H3/t21-,22?,23?,24+,25-,26?,27?,28-,29?,30?,32+,33+,34-,35?/m1/s1. The Balaban J connectivity index is 1.47. The van der Waals surface area contributed by atoms with Crippen molar-refractivity contribution in [3.05, 3.63) is 29.8 Å². The lowest BCUT2D eigenvalue weighted by Gasteiger charge is -2.70. The first-order valence-electron chi connectivity index (χ1n) is 16.7. The number of benzene rings is 1. The van der Waals surface area contributed by atoms with Crippen LogP contribution in [0, 0.1) is 34.5 Å². The first-order chi connectivity index (χ1) is 22.5. The van der Waals surface area contributed by atoms with E-state index in [-0.39, 0.29) is 30.7 Å². The topological polar surface area (TPSA) is 142 Å². The van der Waals surface area contributed by atoms with Crippen molar-refractivity contribution in [3.63, 3.8) is 0 Å². The van der Waals surface area contributed by atoms with Gasteiger partial charge in [-0.05, 0) is 43.1 Å². The molecule has 0 amide bonds. The number of carbonyl (C=O) groups is 2. The summed E-state index contributed by atoms with van der Waals surface area (Å²) < 4.78 is 43.2. The summed E-state index contributed by atoms with van der Waals surface area (Å²) in [5, 5.41) is 24.8. The zero-order valence-electron chi connectivity index (χ0n) is 28.3. The predicted octanol–water partition coefficient (Wildman–Crippen LogP) is 1.69. The summed E-state index contributed by atoms with van der Waals surface area (Å²) >= 11 is 0. The third-order valence-electron chi connectivity index (χ3n) is 13.4. The Morgan fingerprint density at radius 3 is 2.26 bits per heavy atom. The second-order valence-electron chi connectivity index (χ2n) is 14.7. The number of ether oxygens (including phenoxy) is 7. The van der Waals surface area contributed by atoms with Crippen LogP contribution in [0.4, 0.5) is 0 Å². The quantitative estimate of drug-likeness (QED) is 0.353. The van der Waals surface area contributed by atoms with Crippen molar-refractivity contribution in [2.75, 3.05) is 55.2 Å². The molecular formula is C35H49NO11. The van der Waals surface area contributed by atoms with Crippen molar-refractivity contribution in [3.8, 4) is 5.75 Å². The van der Waals surface area contributed by atoms with Crippen molar-refractivity contribution >= 4 is 11.9 Å². The molecule has 7 bridgehead atoms. The molecule has 14 atom stereocenters. The molecule has 1 spiro atoms. The monoisotopic (exact) mass is 659 g/mol. The minimum atomic E-state index is -1.58. The maximum Gasteiger partial charge on any atom is 0.338 e. The minimum absolute atomic E-state index is 0.179. The molecule has 260 valence electrons. The van der Waals surface area contributed by atoms with Crippen LogP contribution in [0.25, 0.3) is 0 Å². The SMILES string of the molecule is CCN1C[C@]2(COC)C(O)CC(OC)C34C1C(C(OC)[C@@H]32)[C@@]1(OC(C)=O)C[C@H](OC)[C@@]2(O)C[C@@H]4[C@@H]1C2OC(=O)c1ccc(OC)cc1. The van der Waals surface area contributed by atoms with Gasteiger partial charge < -0.3 is 43.4 Å². The number of fused-ring (bicyclic) bond motifs is 2. The van der Waals surface area contributed by atoms with Crippen LogP contribution in [0.3, 0.4) is 0 Å². The van der Waals surface area contributed by atoms with Crippen molar-refractivity contribution in [2.24, 2.45) is 34.5 Å². The maximum atomic E-state index is 13.9. The maximum absolute atomic E-state index is 13.9. The number of rotatable bonds is 10. The van der Waals surface area contributed by atoms with Gasteiger partial charge in [-0.2, -0.15) is 0 Å². The van der Waals surface area contributed by atoms with E-state index < -0.39 is 76.3 Å². The van der Waals surface area contributed by atoms with E-state index in [4.69, 9.17) is 33.2 Å². The van der Waals surface area contributed by atoms with E-state index in [1.807, 2.05) is 0 Å². The summed E-state index contributed by atoms with van der Waals surface area (Å²) in [6.07, 6.45) is -2.70. The van der Waals surface area contributed by atoms with Gasteiger partial charge in [0, 0.05) is 89.4 Å². The molecule has 7 unspecified atom stereocenters. The van der Waals surface area contributed by atoms with Gasteiger partial charge in [0.2, 0.25) is 0 Å². The zero-order valence-corrected chi connectivity index (χ0v) is 28.3. The molecule has 2 N–H and O–H groups in total. The van der Waals surface area contributed by atoms with Crippen molar-refractivity contribution in [1.82, 2.24) is 4.90 Å².